The van der Waals surface area contributed by atoms with E-state index in [1.165, 1.54) is 0 Å². The van der Waals surface area contributed by atoms with E-state index < -0.39 is 23.1 Å². The van der Waals surface area contributed by atoms with Crippen molar-refractivity contribution in [3.8, 4) is 0 Å². The second-order valence-corrected chi connectivity index (χ2v) is 5.73. The summed E-state index contributed by atoms with van der Waals surface area (Å²) >= 11 is 0. The summed E-state index contributed by atoms with van der Waals surface area (Å²) in [5.41, 5.74) is 9.48. The topological polar surface area (TPSA) is 145 Å². The van der Waals surface area contributed by atoms with Crippen LogP contribution in [0, 0.1) is 5.41 Å². The second kappa shape index (κ2) is 8.36. The molecule has 0 aromatic heterocycles. The third kappa shape index (κ3) is 4.73. The largest absolute Gasteiger partial charge is 0.480 e. The van der Waals surface area contributed by atoms with Gasteiger partial charge in [-0.3, -0.25) is 9.59 Å². The Kier molecular flexibility index (Phi) is 8.15. The zero-order chi connectivity index (χ0) is 16.3. The molecule has 0 aromatic carbocycles. The van der Waals surface area contributed by atoms with Crippen molar-refractivity contribution in [2.45, 2.75) is 51.1 Å². The van der Waals surface area contributed by atoms with Gasteiger partial charge >= 0.3 is 11.9 Å². The van der Waals surface area contributed by atoms with Gasteiger partial charge in [0.2, 0.25) is 0 Å². The van der Waals surface area contributed by atoms with Crippen LogP contribution in [0.25, 0.3) is 0 Å². The van der Waals surface area contributed by atoms with Gasteiger partial charge in [-0.05, 0) is 33.1 Å². The quantitative estimate of drug-likeness (QED) is 0.388. The van der Waals surface area contributed by atoms with Crippen LogP contribution in [0.1, 0.15) is 33.1 Å². The van der Waals surface area contributed by atoms with Crippen molar-refractivity contribution in [3.63, 3.8) is 0 Å². The Hall–Kier alpha value is -0.532. The molecule has 2 fully saturated rings. The molecule has 1 aliphatic heterocycles. The summed E-state index contributed by atoms with van der Waals surface area (Å²) in [5, 5.41) is 16.9. The summed E-state index contributed by atoms with van der Waals surface area (Å²) in [7, 11) is 0. The monoisotopic (exact) mass is 499 g/mol. The first kappa shape index (κ1) is 21.5. The fraction of sp³-hybridized carbons (Fsp3) is 0.846. The van der Waals surface area contributed by atoms with Crippen molar-refractivity contribution in [1.82, 2.24) is 0 Å². The van der Waals surface area contributed by atoms with E-state index in [2.05, 4.69) is 0 Å². The van der Waals surface area contributed by atoms with Gasteiger partial charge < -0.3 is 31.2 Å². The van der Waals surface area contributed by atoms with Crippen LogP contribution >= 0.6 is 0 Å². The SMILES string of the molecule is CC1(C)O[C@@H](CN)[C@H](CN)O1.O=C(O)C1(C(=O)O)CCC1.[Pt]. The van der Waals surface area contributed by atoms with Crippen LogP contribution in [0.5, 0.6) is 0 Å². The third-order valence-electron chi connectivity index (χ3n) is 3.78. The van der Waals surface area contributed by atoms with E-state index in [0.29, 0.717) is 19.5 Å². The van der Waals surface area contributed by atoms with Crippen LogP contribution in [0.4, 0.5) is 0 Å². The summed E-state index contributed by atoms with van der Waals surface area (Å²) in [5.74, 6) is -2.92. The first-order chi connectivity index (χ1) is 9.68. The number of ether oxygens (including phenoxy) is 2. The fourth-order valence-corrected chi connectivity index (χ4v) is 2.36. The number of aliphatic carboxylic acids is 2. The molecule has 9 heteroatoms. The molecule has 0 spiro atoms. The minimum absolute atomic E-state index is 0. The minimum atomic E-state index is -1.44. The summed E-state index contributed by atoms with van der Waals surface area (Å²) in [6, 6.07) is 0. The maximum absolute atomic E-state index is 10.4. The van der Waals surface area contributed by atoms with E-state index in [0.717, 1.165) is 0 Å². The average Bonchev–Trinajstić information content (AvgIpc) is 2.62. The number of hydrogen-bond acceptors (Lipinski definition) is 6. The molecule has 0 unspecified atom stereocenters. The van der Waals surface area contributed by atoms with Crippen molar-refractivity contribution < 1.29 is 50.3 Å². The molecule has 22 heavy (non-hydrogen) atoms. The minimum Gasteiger partial charge on any atom is -0.480 e. The molecule has 0 radical (unpaired) electrons. The van der Waals surface area contributed by atoms with Gasteiger partial charge in [0.15, 0.2) is 11.2 Å². The van der Waals surface area contributed by atoms with Gasteiger partial charge in [-0.2, -0.15) is 0 Å². The van der Waals surface area contributed by atoms with Gasteiger partial charge in [0.25, 0.3) is 0 Å². The van der Waals surface area contributed by atoms with Crippen LogP contribution in [0.15, 0.2) is 0 Å². The van der Waals surface area contributed by atoms with Crippen LogP contribution in [-0.4, -0.2) is 53.2 Å². The number of carboxylic acids is 2. The molecule has 0 aromatic rings. The van der Waals surface area contributed by atoms with Crippen LogP contribution in [0.2, 0.25) is 0 Å². The zero-order valence-electron chi connectivity index (χ0n) is 12.7. The van der Waals surface area contributed by atoms with Crippen LogP contribution in [0.3, 0.4) is 0 Å². The Morgan fingerprint density at radius 1 is 1.05 bits per heavy atom. The van der Waals surface area contributed by atoms with E-state index >= 15 is 0 Å². The van der Waals surface area contributed by atoms with Gasteiger partial charge in [-0.1, -0.05) is 0 Å². The normalized spacial score (nSPS) is 27.6. The molecule has 2 atom stereocenters. The molecule has 132 valence electrons. The molecule has 8 nitrogen and oxygen atoms in total. The van der Waals surface area contributed by atoms with Crippen molar-refractivity contribution in [3.05, 3.63) is 0 Å². The Morgan fingerprint density at radius 2 is 1.41 bits per heavy atom. The van der Waals surface area contributed by atoms with Gasteiger partial charge in [0.1, 0.15) is 12.2 Å². The Balaban J connectivity index is 0.000000385. The molecule has 6 N–H and O–H groups in total. The average molecular weight is 499 g/mol. The molecule has 1 heterocycles. The third-order valence-corrected chi connectivity index (χ3v) is 3.78. The number of carbonyl (C=O) groups is 2. The first-order valence-corrected chi connectivity index (χ1v) is 6.91. The van der Waals surface area contributed by atoms with Crippen molar-refractivity contribution >= 4 is 11.9 Å². The molecule has 1 aliphatic carbocycles. The molecule has 2 aliphatic rings. The molecule has 0 bridgehead atoms. The maximum atomic E-state index is 10.4. The molecular formula is C13H24N2O6Pt. The fourth-order valence-electron chi connectivity index (χ4n) is 2.36. The number of rotatable bonds is 4. The van der Waals surface area contributed by atoms with Gasteiger partial charge in [-0.15, -0.1) is 0 Å². The predicted molar refractivity (Wildman–Crippen MR) is 73.5 cm³/mol. The smallest absolute Gasteiger partial charge is 0.321 e. The van der Waals surface area contributed by atoms with E-state index in [1.54, 1.807) is 0 Å². The van der Waals surface area contributed by atoms with E-state index in [9.17, 15) is 9.59 Å². The zero-order valence-corrected chi connectivity index (χ0v) is 15.0. The predicted octanol–water partition coefficient (Wildman–Crippen LogP) is -0.253. The van der Waals surface area contributed by atoms with Crippen LogP contribution in [-0.2, 0) is 40.1 Å². The number of carboxylic acid groups (broad SMARTS) is 2. The molecule has 1 saturated heterocycles. The standard InChI is InChI=1S/C7H16N2O2.C6H8O4.Pt/c1-7(2)10-5(3-8)6(4-9)11-7;7-4(8)6(5(9)10)2-1-3-6;/h5-6H,3-4,8-9H2,1-2H3;1-3H2,(H,7,8)(H,9,10);/t5-,6-;;/m0../s1. The van der Waals surface area contributed by atoms with Gasteiger partial charge in [0, 0.05) is 34.2 Å². The first-order valence-electron chi connectivity index (χ1n) is 6.91. The molecule has 0 amide bonds. The van der Waals surface area contributed by atoms with E-state index in [-0.39, 0.29) is 46.1 Å². The van der Waals surface area contributed by atoms with Crippen molar-refractivity contribution in [2.75, 3.05) is 13.1 Å². The summed E-state index contributed by atoms with van der Waals surface area (Å²) in [6.07, 6.45) is 1.17. The number of hydrogen-bond donors (Lipinski definition) is 4. The number of nitrogens with two attached hydrogens (primary N) is 2. The second-order valence-electron chi connectivity index (χ2n) is 5.73. The molecule has 2 rings (SSSR count). The summed E-state index contributed by atoms with van der Waals surface area (Å²) in [6.45, 7) is 4.66. The molecular weight excluding hydrogens is 475 g/mol. The maximum Gasteiger partial charge on any atom is 0.321 e. The van der Waals surface area contributed by atoms with Gasteiger partial charge in [-0.25, -0.2) is 0 Å². The summed E-state index contributed by atoms with van der Waals surface area (Å²) in [4.78, 5) is 20.7. The Morgan fingerprint density at radius 3 is 1.55 bits per heavy atom. The Labute approximate surface area is 143 Å². The van der Waals surface area contributed by atoms with Crippen LogP contribution < -0.4 is 11.5 Å². The molecule has 1 saturated carbocycles. The van der Waals surface area contributed by atoms with E-state index in [1.807, 2.05) is 13.8 Å². The van der Waals surface area contributed by atoms with E-state index in [4.69, 9.17) is 31.2 Å². The Bertz CT molecular complexity index is 370. The van der Waals surface area contributed by atoms with Crippen molar-refractivity contribution in [2.24, 2.45) is 16.9 Å². The van der Waals surface area contributed by atoms with Crippen molar-refractivity contribution in [1.29, 1.82) is 0 Å². The van der Waals surface area contributed by atoms with Gasteiger partial charge in [0.05, 0.1) is 0 Å². The summed E-state index contributed by atoms with van der Waals surface area (Å²) < 4.78 is 10.9.